The maximum absolute atomic E-state index is 11.1. The first-order valence-corrected chi connectivity index (χ1v) is 1.63. The Kier molecular flexibility index (Phi) is 12.1. The largest absolute Gasteiger partial charge is 1.00 e. The van der Waals surface area contributed by atoms with Gasteiger partial charge in [0.1, 0.15) is 0 Å². The fraction of sp³-hybridized carbons (Fsp3) is 0. The summed E-state index contributed by atoms with van der Waals surface area (Å²) >= 11 is 0. The van der Waals surface area contributed by atoms with Crippen LogP contribution in [0.15, 0.2) is 12.6 Å². The van der Waals surface area contributed by atoms with Crippen LogP contribution in [0, 0.1) is 0 Å². The van der Waals surface area contributed by atoms with E-state index in [-0.39, 0.29) is 51.4 Å². The first-order valence-electron chi connectivity index (χ1n) is 1.63. The molecule has 0 spiro atoms. The quantitative estimate of drug-likeness (QED) is 0.338. The standard InChI is InChI=1S/C2H3B3F.K/c1-2-5(3)4-6;/h2H,1H2;/q-1;+1. The SMILES string of the molecule is [B]B([B-]F)C=C.[K+]. The van der Waals surface area contributed by atoms with Crippen LogP contribution in [0.5, 0.6) is 0 Å². The van der Waals surface area contributed by atoms with Gasteiger partial charge in [-0.15, -0.1) is 14.0 Å². The Bertz CT molecular complexity index is 50.2. The average molecular weight is 118 g/mol. The molecule has 0 fully saturated rings. The molecule has 0 saturated heterocycles. The molecule has 7 heavy (non-hydrogen) atoms. The fourth-order valence-corrected chi connectivity index (χ4v) is 0.0514. The van der Waals surface area contributed by atoms with Crippen LogP contribution in [-0.2, 0) is 0 Å². The third-order valence-corrected chi connectivity index (χ3v) is 0.418. The van der Waals surface area contributed by atoms with Crippen LogP contribution in [0.25, 0.3) is 0 Å². The van der Waals surface area contributed by atoms with Gasteiger partial charge in [0, 0.05) is 0 Å². The third-order valence-electron chi connectivity index (χ3n) is 0.418. The number of hydrogen-bond donors (Lipinski definition) is 0. The predicted molar refractivity (Wildman–Crippen MR) is 28.6 cm³/mol. The molecule has 0 aromatic carbocycles. The predicted octanol–water partition coefficient (Wildman–Crippen LogP) is -3.04. The van der Waals surface area contributed by atoms with E-state index in [0.29, 0.717) is 7.45 Å². The van der Waals surface area contributed by atoms with Crippen molar-refractivity contribution in [2.24, 2.45) is 0 Å². The zero-order valence-corrected chi connectivity index (χ0v) is 7.52. The topological polar surface area (TPSA) is 0 Å². The van der Waals surface area contributed by atoms with E-state index < -0.39 is 6.49 Å². The van der Waals surface area contributed by atoms with Crippen molar-refractivity contribution in [3.8, 4) is 0 Å². The Morgan fingerprint density at radius 3 is 2.29 bits per heavy atom. The molecule has 0 aliphatic carbocycles. The Hall–Kier alpha value is 1.50. The monoisotopic (exact) mass is 118 g/mol. The van der Waals surface area contributed by atoms with Crippen molar-refractivity contribution in [2.75, 3.05) is 0 Å². The maximum Gasteiger partial charge on any atom is 1.00 e. The van der Waals surface area contributed by atoms with Crippen LogP contribution in [0.1, 0.15) is 0 Å². The molecule has 0 aliphatic heterocycles. The molecule has 0 bridgehead atoms. The minimum atomic E-state index is -0.593. The summed E-state index contributed by atoms with van der Waals surface area (Å²) in [6, 6.07) is 0. The zero-order valence-electron chi connectivity index (χ0n) is 4.39. The summed E-state index contributed by atoms with van der Waals surface area (Å²) in [6.45, 7) is 2.64. The second kappa shape index (κ2) is 7.50. The van der Waals surface area contributed by atoms with Gasteiger partial charge in [0.25, 0.3) is 0 Å². The average Bonchev–Trinajstić information content (AvgIpc) is 1.65. The van der Waals surface area contributed by atoms with E-state index in [1.165, 1.54) is 5.98 Å². The Morgan fingerprint density at radius 1 is 1.86 bits per heavy atom. The van der Waals surface area contributed by atoms with Gasteiger partial charge < -0.3 is 4.32 Å². The van der Waals surface area contributed by atoms with Crippen LogP contribution < -0.4 is 51.4 Å². The van der Waals surface area contributed by atoms with Crippen LogP contribution in [-0.4, -0.2) is 21.7 Å². The summed E-state index contributed by atoms with van der Waals surface area (Å²) < 4.78 is 11.1. The fourth-order valence-electron chi connectivity index (χ4n) is 0.0514. The van der Waals surface area contributed by atoms with Crippen molar-refractivity contribution in [2.45, 2.75) is 0 Å². The van der Waals surface area contributed by atoms with E-state index in [0.717, 1.165) is 0 Å². The van der Waals surface area contributed by atoms with Crippen LogP contribution in [0.4, 0.5) is 4.32 Å². The molecule has 0 amide bonds. The molecule has 0 aromatic rings. The van der Waals surface area contributed by atoms with Gasteiger partial charge in [-0.25, -0.2) is 0 Å². The van der Waals surface area contributed by atoms with Crippen molar-refractivity contribution in [3.63, 3.8) is 0 Å². The second-order valence-electron chi connectivity index (χ2n) is 0.939. The van der Waals surface area contributed by atoms with Crippen molar-refractivity contribution >= 4 is 21.7 Å². The maximum atomic E-state index is 11.1. The normalized spacial score (nSPS) is 6.43. The molecule has 0 rings (SSSR count). The molecule has 28 valence electrons. The van der Waals surface area contributed by atoms with E-state index in [1.807, 2.05) is 0 Å². The van der Waals surface area contributed by atoms with E-state index in [1.54, 1.807) is 0 Å². The van der Waals surface area contributed by atoms with E-state index >= 15 is 0 Å². The summed E-state index contributed by atoms with van der Waals surface area (Å²) in [5.74, 6) is 1.32. The summed E-state index contributed by atoms with van der Waals surface area (Å²) in [5.41, 5.74) is 0. The summed E-state index contributed by atoms with van der Waals surface area (Å²) in [6.07, 6.45) is 0. The summed E-state index contributed by atoms with van der Waals surface area (Å²) in [5, 5.41) is 0. The van der Waals surface area contributed by atoms with Gasteiger partial charge in [0.15, 0.2) is 0 Å². The minimum absolute atomic E-state index is 0. The minimum Gasteiger partial charge on any atom is -0.608 e. The van der Waals surface area contributed by atoms with Gasteiger partial charge in [-0.05, 0) is 7.74 Å². The second-order valence-corrected chi connectivity index (χ2v) is 0.939. The number of hydrogen-bond acceptors (Lipinski definition) is 0. The molecule has 5 heteroatoms. The molecule has 0 N–H and O–H groups in total. The van der Waals surface area contributed by atoms with Crippen LogP contribution in [0.3, 0.4) is 0 Å². The first kappa shape index (κ1) is 11.3. The molecule has 0 aliphatic rings. The Labute approximate surface area is 88.5 Å². The molecule has 0 heterocycles. The van der Waals surface area contributed by atoms with Gasteiger partial charge in [-0.2, -0.15) is 5.98 Å². The molecule has 0 unspecified atom stereocenters. The van der Waals surface area contributed by atoms with Gasteiger partial charge in [0.2, 0.25) is 0 Å². The van der Waals surface area contributed by atoms with Crippen molar-refractivity contribution in [1.82, 2.24) is 0 Å². The van der Waals surface area contributed by atoms with E-state index in [9.17, 15) is 4.32 Å². The van der Waals surface area contributed by atoms with Crippen molar-refractivity contribution in [3.05, 3.63) is 12.6 Å². The summed E-state index contributed by atoms with van der Waals surface area (Å²) in [4.78, 5) is 0. The van der Waals surface area contributed by atoms with Gasteiger partial charge >= 0.3 is 51.4 Å². The smallest absolute Gasteiger partial charge is 0.608 e. The van der Waals surface area contributed by atoms with E-state index in [2.05, 4.69) is 6.58 Å². The van der Waals surface area contributed by atoms with Gasteiger partial charge in [-0.3, -0.25) is 0 Å². The number of rotatable bonds is 2. The van der Waals surface area contributed by atoms with Crippen molar-refractivity contribution < 1.29 is 55.7 Å². The Balaban J connectivity index is 0. The third kappa shape index (κ3) is 7.50. The van der Waals surface area contributed by atoms with Crippen molar-refractivity contribution in [1.29, 1.82) is 0 Å². The molecular formula is C2H3B3FK. The van der Waals surface area contributed by atoms with Crippen LogP contribution in [0.2, 0.25) is 0 Å². The zero-order chi connectivity index (χ0) is 4.99. The molecule has 0 nitrogen and oxygen atoms in total. The molecule has 4 radical (unpaired) electrons. The molecule has 0 saturated carbocycles. The number of halogens is 1. The van der Waals surface area contributed by atoms with Crippen LogP contribution >= 0.6 is 0 Å². The van der Waals surface area contributed by atoms with Gasteiger partial charge in [-0.1, -0.05) is 6.49 Å². The molecule has 0 atom stereocenters. The van der Waals surface area contributed by atoms with Gasteiger partial charge in [0.05, 0.1) is 0 Å². The first-order chi connectivity index (χ1) is 2.81. The molecular weight excluding hydrogens is 115 g/mol. The molecule has 0 aromatic heterocycles. The summed E-state index contributed by atoms with van der Waals surface area (Å²) in [7, 11) is 5.31. The Morgan fingerprint density at radius 2 is 2.29 bits per heavy atom. The van der Waals surface area contributed by atoms with E-state index in [4.69, 9.17) is 7.74 Å².